The number of ether oxygens (including phenoxy) is 1. The number of fused-ring (bicyclic) bond motifs is 7. The number of carbonyl (C=O) groups is 2. The number of rotatable bonds is 8. The Morgan fingerprint density at radius 2 is 1.76 bits per heavy atom. The standard InChI is InChI=1S/C44H50N4O5S/c1-53-38-20-19-31(28-12-6-3-7-13-28)42-34(38)22-36-39-32(40-35(25-48(36)42)41(40)43(49)45-54(51,52)30-17-18-30)15-8-16-33(39)44(50)47-21-9-14-29-24-46(26-37(29)47)23-27-10-4-2-5-11-27/h2,4-5,8,10-11,15,19-20,22,28-30,33,37,39H,3,6-7,9,12-14,16-18,21,23-26H2,1H3,(H,45,49)/t29-,33+,37+,39?/m0/s1. The van der Waals surface area contributed by atoms with Gasteiger partial charge in [0.1, 0.15) is 5.75 Å². The van der Waals surface area contributed by atoms with Crippen LogP contribution in [-0.4, -0.2) is 72.6 Å². The van der Waals surface area contributed by atoms with E-state index in [1.54, 1.807) is 7.11 Å². The molecule has 10 heteroatoms. The van der Waals surface area contributed by atoms with Crippen molar-refractivity contribution in [3.63, 3.8) is 0 Å². The van der Waals surface area contributed by atoms with E-state index < -0.39 is 21.2 Å². The topological polar surface area (TPSA) is 101 Å². The second-order valence-corrected chi connectivity index (χ2v) is 18.8. The number of nitrogens with zero attached hydrogens (tertiary/aromatic N) is 3. The van der Waals surface area contributed by atoms with Crippen LogP contribution in [0.25, 0.3) is 10.9 Å². The van der Waals surface area contributed by atoms with Gasteiger partial charge in [0.2, 0.25) is 15.9 Å². The van der Waals surface area contributed by atoms with Crippen molar-refractivity contribution in [3.05, 3.63) is 99.8 Å². The van der Waals surface area contributed by atoms with Crippen molar-refractivity contribution in [2.75, 3.05) is 26.7 Å². The van der Waals surface area contributed by atoms with Gasteiger partial charge >= 0.3 is 0 Å². The van der Waals surface area contributed by atoms with Crippen LogP contribution in [0.15, 0.2) is 83.0 Å². The lowest BCUT2D eigenvalue weighted by Gasteiger charge is -2.41. The molecular formula is C44H50N4O5S. The fourth-order valence-corrected chi connectivity index (χ4v) is 12.2. The third-order valence-corrected chi connectivity index (χ3v) is 15.4. The molecule has 4 heterocycles. The number of sulfonamides is 1. The summed E-state index contributed by atoms with van der Waals surface area (Å²) in [5.74, 6) is 0.731. The van der Waals surface area contributed by atoms with Gasteiger partial charge in [-0.2, -0.15) is 0 Å². The summed E-state index contributed by atoms with van der Waals surface area (Å²) in [6.45, 7) is 3.99. The summed E-state index contributed by atoms with van der Waals surface area (Å²) in [5, 5.41) is 0.559. The molecule has 4 atom stereocenters. The molecule has 4 aliphatic carbocycles. The Balaban J connectivity index is 1.06. The Hall–Kier alpha value is -4.15. The lowest BCUT2D eigenvalue weighted by atomic mass is 9.75. The summed E-state index contributed by atoms with van der Waals surface area (Å²) in [5.41, 5.74) is 8.02. The predicted octanol–water partition coefficient (Wildman–Crippen LogP) is 6.71. The maximum Gasteiger partial charge on any atom is 0.265 e. The zero-order valence-corrected chi connectivity index (χ0v) is 32.0. The average Bonchev–Trinajstić information content (AvgIpc) is 4.10. The fraction of sp³-hybridized carbons (Fsp3) is 0.500. The summed E-state index contributed by atoms with van der Waals surface area (Å²) in [6, 6.07) is 17.4. The SMILES string of the molecule is COc1ccc(C2CCCCC2)c2c1cc1n2CC2=C(C(=O)NS(=O)(=O)C3CC3)C2=C2C=CC[C@@H](C(=O)N3CCC[C@H]4CN(Cc5ccccc5)C[C@H]43)C21. The number of benzene rings is 2. The summed E-state index contributed by atoms with van der Waals surface area (Å²) in [4.78, 5) is 33.8. The van der Waals surface area contributed by atoms with E-state index in [4.69, 9.17) is 4.74 Å². The molecule has 4 fully saturated rings. The van der Waals surface area contributed by atoms with Crippen molar-refractivity contribution in [3.8, 4) is 5.75 Å². The predicted molar refractivity (Wildman–Crippen MR) is 208 cm³/mol. The lowest BCUT2D eigenvalue weighted by Crippen LogP contribution is -2.51. The number of aromatic nitrogens is 1. The van der Waals surface area contributed by atoms with Crippen LogP contribution >= 0.6 is 0 Å². The average molecular weight is 747 g/mol. The minimum Gasteiger partial charge on any atom is -0.496 e. The largest absolute Gasteiger partial charge is 0.496 e. The second-order valence-electron chi connectivity index (χ2n) is 16.9. The van der Waals surface area contributed by atoms with Crippen molar-refractivity contribution in [1.82, 2.24) is 19.1 Å². The van der Waals surface area contributed by atoms with Crippen LogP contribution in [0.1, 0.15) is 92.9 Å². The van der Waals surface area contributed by atoms with Crippen molar-refractivity contribution in [1.29, 1.82) is 0 Å². The second kappa shape index (κ2) is 13.3. The number of amides is 2. The molecule has 3 aromatic rings. The molecule has 3 aliphatic heterocycles. The highest BCUT2D eigenvalue weighted by Crippen LogP contribution is 2.55. The molecule has 0 spiro atoms. The van der Waals surface area contributed by atoms with Gasteiger partial charge in [-0.1, -0.05) is 67.8 Å². The molecule has 7 aliphatic rings. The van der Waals surface area contributed by atoms with Gasteiger partial charge in [0.15, 0.2) is 0 Å². The zero-order chi connectivity index (χ0) is 36.7. The number of hydrogen-bond donors (Lipinski definition) is 1. The third kappa shape index (κ3) is 5.78. The van der Waals surface area contributed by atoms with Gasteiger partial charge in [0.25, 0.3) is 5.91 Å². The molecule has 2 aromatic carbocycles. The number of methoxy groups -OCH3 is 1. The van der Waals surface area contributed by atoms with E-state index in [2.05, 4.69) is 79.8 Å². The number of likely N-dealkylation sites (tertiary alicyclic amines) is 2. The van der Waals surface area contributed by atoms with E-state index in [0.717, 1.165) is 90.9 Å². The van der Waals surface area contributed by atoms with Crippen LogP contribution in [-0.2, 0) is 32.7 Å². The van der Waals surface area contributed by atoms with Gasteiger partial charge in [-0.3, -0.25) is 14.5 Å². The Morgan fingerprint density at radius 1 is 0.944 bits per heavy atom. The quantitative estimate of drug-likeness (QED) is 0.275. The van der Waals surface area contributed by atoms with Crippen LogP contribution in [0.5, 0.6) is 5.75 Å². The molecule has 0 radical (unpaired) electrons. The molecule has 282 valence electrons. The Labute approximate surface area is 318 Å². The zero-order valence-electron chi connectivity index (χ0n) is 31.1. The van der Waals surface area contributed by atoms with E-state index in [1.165, 1.54) is 30.4 Å². The van der Waals surface area contributed by atoms with Gasteiger partial charge in [-0.15, -0.1) is 0 Å². The monoisotopic (exact) mass is 746 g/mol. The minimum absolute atomic E-state index is 0.176. The summed E-state index contributed by atoms with van der Waals surface area (Å²) in [6.07, 6.45) is 14.1. The van der Waals surface area contributed by atoms with E-state index in [1.807, 2.05) is 0 Å². The summed E-state index contributed by atoms with van der Waals surface area (Å²) in [7, 11) is -2.00. The third-order valence-electron chi connectivity index (χ3n) is 13.6. The number of hydrogen-bond acceptors (Lipinski definition) is 6. The van der Waals surface area contributed by atoms with Crippen LogP contribution in [0.3, 0.4) is 0 Å². The number of nitrogens with one attached hydrogen (secondary N) is 1. The normalized spacial score (nSPS) is 26.9. The number of piperidine rings is 1. The van der Waals surface area contributed by atoms with Crippen LogP contribution in [0, 0.1) is 11.8 Å². The van der Waals surface area contributed by atoms with Crippen molar-refractivity contribution < 1.29 is 22.7 Å². The van der Waals surface area contributed by atoms with E-state index in [9.17, 15) is 13.2 Å². The number of allylic oxidation sites excluding steroid dienone is 4. The van der Waals surface area contributed by atoms with Crippen molar-refractivity contribution >= 4 is 32.7 Å². The first-order valence-electron chi connectivity index (χ1n) is 20.3. The maximum atomic E-state index is 15.2. The molecule has 10 rings (SSSR count). The maximum absolute atomic E-state index is 15.2. The number of carbonyl (C=O) groups excluding carboxylic acids is 2. The molecule has 2 saturated carbocycles. The molecule has 0 bridgehead atoms. The van der Waals surface area contributed by atoms with E-state index in [-0.39, 0.29) is 23.8 Å². The highest BCUT2D eigenvalue weighted by Gasteiger charge is 2.50. The van der Waals surface area contributed by atoms with Gasteiger partial charge in [0.05, 0.1) is 29.4 Å². The molecule has 2 saturated heterocycles. The van der Waals surface area contributed by atoms with E-state index >= 15 is 4.79 Å². The fourth-order valence-electron chi connectivity index (χ4n) is 10.9. The molecule has 1 aromatic heterocycles. The Morgan fingerprint density at radius 3 is 2.54 bits per heavy atom. The molecule has 1 N–H and O–H groups in total. The smallest absolute Gasteiger partial charge is 0.265 e. The first-order chi connectivity index (χ1) is 26.3. The van der Waals surface area contributed by atoms with Gasteiger partial charge < -0.3 is 14.2 Å². The highest BCUT2D eigenvalue weighted by molar-refractivity contribution is 7.91. The molecule has 2 amide bonds. The van der Waals surface area contributed by atoms with Crippen molar-refractivity contribution in [2.45, 2.75) is 100 Å². The lowest BCUT2D eigenvalue weighted by molar-refractivity contribution is -0.140. The summed E-state index contributed by atoms with van der Waals surface area (Å²) < 4.78 is 36.8. The van der Waals surface area contributed by atoms with Crippen molar-refractivity contribution in [2.24, 2.45) is 11.8 Å². The minimum atomic E-state index is -3.72. The molecular weight excluding hydrogens is 697 g/mol. The first-order valence-corrected chi connectivity index (χ1v) is 21.8. The van der Waals surface area contributed by atoms with Gasteiger partial charge in [0, 0.05) is 55.8 Å². The van der Waals surface area contributed by atoms with Crippen LogP contribution in [0.4, 0.5) is 0 Å². The Bertz CT molecular complexity index is 2240. The van der Waals surface area contributed by atoms with Crippen LogP contribution in [0.2, 0.25) is 0 Å². The van der Waals surface area contributed by atoms with Crippen LogP contribution < -0.4 is 9.46 Å². The van der Waals surface area contributed by atoms with Gasteiger partial charge in [-0.25, -0.2) is 13.1 Å². The molecule has 54 heavy (non-hydrogen) atoms. The molecule has 9 nitrogen and oxygen atoms in total. The first kappa shape index (κ1) is 34.3. The highest BCUT2D eigenvalue weighted by atomic mass is 32.2. The van der Waals surface area contributed by atoms with Gasteiger partial charge in [-0.05, 0) is 96.8 Å². The summed E-state index contributed by atoms with van der Waals surface area (Å²) >= 11 is 0. The molecule has 1 unspecified atom stereocenters. The van der Waals surface area contributed by atoms with E-state index in [0.29, 0.717) is 43.2 Å². The Kier molecular flexibility index (Phi) is 8.43.